The van der Waals surface area contributed by atoms with Gasteiger partial charge in [-0.25, -0.2) is 0 Å². The van der Waals surface area contributed by atoms with Gasteiger partial charge >= 0.3 is 0 Å². The fourth-order valence-electron chi connectivity index (χ4n) is 1.22. The topological polar surface area (TPSA) is 24.7 Å². The first-order chi connectivity index (χ1) is 8.34. The van der Waals surface area contributed by atoms with E-state index in [0.717, 1.165) is 11.4 Å². The van der Waals surface area contributed by atoms with Crippen LogP contribution in [0.15, 0.2) is 64.8 Å². The molecule has 0 bridgehead atoms. The van der Waals surface area contributed by atoms with Crippen LogP contribution in [0.3, 0.4) is 0 Å². The number of rotatable bonds is 2. The molecule has 0 atom stereocenters. The van der Waals surface area contributed by atoms with Crippen LogP contribution in [0.4, 0.5) is 11.4 Å². The number of azo groups is 1. The van der Waals surface area contributed by atoms with Gasteiger partial charge < -0.3 is 0 Å². The molecule has 0 fully saturated rings. The molecular formula is C15H18N2. The van der Waals surface area contributed by atoms with Crippen molar-refractivity contribution in [3.8, 4) is 0 Å². The molecule has 0 amide bonds. The summed E-state index contributed by atoms with van der Waals surface area (Å²) in [5.74, 6) is 0. The van der Waals surface area contributed by atoms with Crippen molar-refractivity contribution in [1.82, 2.24) is 0 Å². The van der Waals surface area contributed by atoms with Gasteiger partial charge in [-0.1, -0.05) is 49.7 Å². The maximum absolute atomic E-state index is 4.14. The summed E-state index contributed by atoms with van der Waals surface area (Å²) in [5, 5.41) is 8.27. The van der Waals surface area contributed by atoms with Gasteiger partial charge in [-0.3, -0.25) is 0 Å². The fraction of sp³-hybridized carbons (Fsp3) is 0.200. The largest absolute Gasteiger partial charge is 0.151 e. The summed E-state index contributed by atoms with van der Waals surface area (Å²) in [5.41, 5.74) is 2.98. The van der Waals surface area contributed by atoms with Crippen LogP contribution in [-0.4, -0.2) is 0 Å². The van der Waals surface area contributed by atoms with Crippen molar-refractivity contribution in [2.75, 3.05) is 0 Å². The molecule has 0 spiro atoms. The summed E-state index contributed by atoms with van der Waals surface area (Å²) in [6.45, 7) is 6.05. The Bertz CT molecular complexity index is 444. The Morgan fingerprint density at radius 1 is 0.647 bits per heavy atom. The van der Waals surface area contributed by atoms with Crippen LogP contribution in [-0.2, 0) is 0 Å². The third-order valence-corrected chi connectivity index (χ3v) is 2.07. The van der Waals surface area contributed by atoms with Gasteiger partial charge in [0.1, 0.15) is 0 Å². The molecule has 2 aromatic rings. The van der Waals surface area contributed by atoms with Crippen molar-refractivity contribution >= 4 is 11.4 Å². The van der Waals surface area contributed by atoms with E-state index in [0.29, 0.717) is 0 Å². The number of aryl methyl sites for hydroxylation is 1. The second-order valence-electron chi connectivity index (χ2n) is 3.37. The maximum atomic E-state index is 4.14. The first-order valence-electron chi connectivity index (χ1n) is 5.88. The molecule has 88 valence electrons. The Kier molecular flexibility index (Phi) is 5.66. The van der Waals surface area contributed by atoms with Gasteiger partial charge in [0.05, 0.1) is 11.4 Å². The molecule has 0 aliphatic heterocycles. The van der Waals surface area contributed by atoms with Gasteiger partial charge in [-0.2, -0.15) is 10.2 Å². The molecule has 17 heavy (non-hydrogen) atoms. The van der Waals surface area contributed by atoms with Crippen molar-refractivity contribution < 1.29 is 0 Å². The van der Waals surface area contributed by atoms with E-state index in [1.54, 1.807) is 0 Å². The third-order valence-electron chi connectivity index (χ3n) is 2.07. The van der Waals surface area contributed by atoms with Crippen molar-refractivity contribution in [2.45, 2.75) is 20.8 Å². The summed E-state index contributed by atoms with van der Waals surface area (Å²) in [6, 6.07) is 17.7. The highest BCUT2D eigenvalue weighted by molar-refractivity contribution is 5.40. The van der Waals surface area contributed by atoms with E-state index >= 15 is 0 Å². The minimum atomic E-state index is 0.873. The molecule has 0 N–H and O–H groups in total. The summed E-state index contributed by atoms with van der Waals surface area (Å²) in [4.78, 5) is 0. The highest BCUT2D eigenvalue weighted by atomic mass is 15.1. The monoisotopic (exact) mass is 226 g/mol. The number of hydrogen-bond acceptors (Lipinski definition) is 2. The summed E-state index contributed by atoms with van der Waals surface area (Å²) >= 11 is 0. The predicted octanol–water partition coefficient (Wildman–Crippen LogP) is 5.44. The molecule has 0 heterocycles. The van der Waals surface area contributed by atoms with Gasteiger partial charge in [0.25, 0.3) is 0 Å². The van der Waals surface area contributed by atoms with Crippen molar-refractivity contribution in [2.24, 2.45) is 10.2 Å². The van der Waals surface area contributed by atoms with E-state index in [-0.39, 0.29) is 0 Å². The Balaban J connectivity index is 0.000000686. The molecular weight excluding hydrogens is 208 g/mol. The lowest BCUT2D eigenvalue weighted by Crippen LogP contribution is -1.68. The van der Waals surface area contributed by atoms with Crippen LogP contribution < -0.4 is 0 Å². The zero-order chi connectivity index (χ0) is 12.5. The molecule has 2 nitrogen and oxygen atoms in total. The van der Waals surface area contributed by atoms with E-state index in [1.807, 2.05) is 68.4 Å². The molecule has 0 saturated carbocycles. The molecule has 0 aliphatic carbocycles. The third kappa shape index (κ3) is 4.60. The fourth-order valence-corrected chi connectivity index (χ4v) is 1.22. The Morgan fingerprint density at radius 3 is 1.65 bits per heavy atom. The lowest BCUT2D eigenvalue weighted by Gasteiger charge is -1.93. The van der Waals surface area contributed by atoms with E-state index in [4.69, 9.17) is 0 Å². The molecule has 0 aliphatic rings. The molecule has 2 rings (SSSR count). The Hall–Kier alpha value is -1.96. The average molecular weight is 226 g/mol. The summed E-state index contributed by atoms with van der Waals surface area (Å²) < 4.78 is 0. The minimum absolute atomic E-state index is 0.873. The minimum Gasteiger partial charge on any atom is -0.151 e. The van der Waals surface area contributed by atoms with Gasteiger partial charge in [0.2, 0.25) is 0 Å². The highest BCUT2D eigenvalue weighted by Crippen LogP contribution is 2.17. The van der Waals surface area contributed by atoms with Gasteiger partial charge in [-0.15, -0.1) is 0 Å². The van der Waals surface area contributed by atoms with Crippen molar-refractivity contribution in [1.29, 1.82) is 0 Å². The zero-order valence-electron chi connectivity index (χ0n) is 10.6. The number of benzene rings is 2. The van der Waals surface area contributed by atoms with Gasteiger partial charge in [-0.05, 0) is 31.2 Å². The van der Waals surface area contributed by atoms with Crippen molar-refractivity contribution in [3.05, 3.63) is 60.2 Å². The van der Waals surface area contributed by atoms with Crippen molar-refractivity contribution in [3.63, 3.8) is 0 Å². The predicted molar refractivity (Wildman–Crippen MR) is 73.1 cm³/mol. The summed E-state index contributed by atoms with van der Waals surface area (Å²) in [6.07, 6.45) is 0. The molecule has 2 heteroatoms. The Labute approximate surface area is 103 Å². The number of hydrogen-bond donors (Lipinski definition) is 0. The standard InChI is InChI=1S/C13H12N2.C2H6/c1-11-7-9-13(10-8-11)15-14-12-5-3-2-4-6-12;1-2/h2-10H,1H3;1-2H3. The lowest BCUT2D eigenvalue weighted by molar-refractivity contribution is 1.23. The zero-order valence-corrected chi connectivity index (χ0v) is 10.6. The van der Waals surface area contributed by atoms with E-state index < -0.39 is 0 Å². The Morgan fingerprint density at radius 2 is 1.12 bits per heavy atom. The van der Waals surface area contributed by atoms with Gasteiger partial charge in [0, 0.05) is 0 Å². The quantitative estimate of drug-likeness (QED) is 0.609. The van der Waals surface area contributed by atoms with Crippen LogP contribution in [0.5, 0.6) is 0 Å². The molecule has 0 aromatic heterocycles. The van der Waals surface area contributed by atoms with Crippen LogP contribution in [0.2, 0.25) is 0 Å². The van der Waals surface area contributed by atoms with E-state index in [9.17, 15) is 0 Å². The smallest absolute Gasteiger partial charge is 0.0857 e. The average Bonchev–Trinajstić information content (AvgIpc) is 2.42. The van der Waals surface area contributed by atoms with Crippen LogP contribution in [0.1, 0.15) is 19.4 Å². The lowest BCUT2D eigenvalue weighted by atomic mass is 10.2. The first-order valence-corrected chi connectivity index (χ1v) is 5.88. The van der Waals surface area contributed by atoms with Gasteiger partial charge in [0.15, 0.2) is 0 Å². The maximum Gasteiger partial charge on any atom is 0.0857 e. The molecule has 0 saturated heterocycles. The number of nitrogens with zero attached hydrogens (tertiary/aromatic N) is 2. The van der Waals surface area contributed by atoms with E-state index in [1.165, 1.54) is 5.56 Å². The second kappa shape index (κ2) is 7.34. The first kappa shape index (κ1) is 13.1. The molecule has 0 radical (unpaired) electrons. The van der Waals surface area contributed by atoms with Crippen LogP contribution in [0, 0.1) is 6.92 Å². The normalized spacial score (nSPS) is 9.82. The highest BCUT2D eigenvalue weighted by Gasteiger charge is 1.89. The van der Waals surface area contributed by atoms with Crippen LogP contribution >= 0.6 is 0 Å². The molecule has 0 unspecified atom stereocenters. The molecule has 2 aromatic carbocycles. The summed E-state index contributed by atoms with van der Waals surface area (Å²) in [7, 11) is 0. The van der Waals surface area contributed by atoms with E-state index in [2.05, 4.69) is 17.2 Å². The SMILES string of the molecule is CC.Cc1ccc(N=Nc2ccccc2)cc1. The van der Waals surface area contributed by atoms with Crippen LogP contribution in [0.25, 0.3) is 0 Å². The second-order valence-corrected chi connectivity index (χ2v) is 3.37.